The highest BCUT2D eigenvalue weighted by Gasteiger charge is 2.15. The molecule has 0 aliphatic carbocycles. The molecule has 1 N–H and O–H groups in total. The van der Waals surface area contributed by atoms with Crippen molar-refractivity contribution in [3.63, 3.8) is 0 Å². The van der Waals surface area contributed by atoms with Gasteiger partial charge in [0.05, 0.1) is 3.57 Å². The third kappa shape index (κ3) is 3.82. The molecule has 1 aromatic heterocycles. The summed E-state index contributed by atoms with van der Waals surface area (Å²) in [6.07, 6.45) is 1.82. The molecule has 21 heavy (non-hydrogen) atoms. The van der Waals surface area contributed by atoms with Crippen molar-refractivity contribution in [1.82, 2.24) is 15.3 Å². The van der Waals surface area contributed by atoms with Gasteiger partial charge in [-0.3, -0.25) is 0 Å². The maximum atomic E-state index is 5.85. The molecule has 0 unspecified atom stereocenters. The second kappa shape index (κ2) is 7.04. The Labute approximate surface area is 137 Å². The lowest BCUT2D eigenvalue weighted by Gasteiger charge is -2.27. The van der Waals surface area contributed by atoms with Crippen LogP contribution in [0, 0.1) is 3.57 Å². The second-order valence-electron chi connectivity index (χ2n) is 4.83. The zero-order chi connectivity index (χ0) is 14.5. The molecule has 5 nitrogen and oxygen atoms in total. The van der Waals surface area contributed by atoms with Crippen molar-refractivity contribution in [3.05, 3.63) is 45.7 Å². The molecule has 3 rings (SSSR count). The molecule has 2 aromatic rings. The first-order valence-corrected chi connectivity index (χ1v) is 8.06. The fourth-order valence-electron chi connectivity index (χ4n) is 2.19. The van der Waals surface area contributed by atoms with E-state index < -0.39 is 0 Å². The first kappa shape index (κ1) is 14.5. The number of benzene rings is 1. The van der Waals surface area contributed by atoms with E-state index in [0.717, 1.165) is 41.3 Å². The molecule has 2 heterocycles. The van der Waals surface area contributed by atoms with Crippen LogP contribution in [0.3, 0.4) is 0 Å². The highest BCUT2D eigenvalue weighted by atomic mass is 127. The molecule has 0 spiro atoms. The van der Waals surface area contributed by atoms with Gasteiger partial charge in [-0.05, 0) is 28.2 Å². The molecular formula is C15H17IN4O. The van der Waals surface area contributed by atoms with E-state index in [0.29, 0.717) is 12.5 Å². The van der Waals surface area contributed by atoms with Crippen LogP contribution in [0.1, 0.15) is 5.56 Å². The van der Waals surface area contributed by atoms with E-state index >= 15 is 0 Å². The van der Waals surface area contributed by atoms with Crippen molar-refractivity contribution in [1.29, 1.82) is 0 Å². The summed E-state index contributed by atoms with van der Waals surface area (Å²) in [6, 6.07) is 10.1. The van der Waals surface area contributed by atoms with E-state index in [9.17, 15) is 0 Å². The topological polar surface area (TPSA) is 50.3 Å². The van der Waals surface area contributed by atoms with E-state index in [1.807, 2.05) is 36.5 Å². The van der Waals surface area contributed by atoms with Crippen molar-refractivity contribution < 1.29 is 4.74 Å². The average Bonchev–Trinajstić information content (AvgIpc) is 2.56. The van der Waals surface area contributed by atoms with Crippen LogP contribution in [0.5, 0.6) is 5.88 Å². The fraction of sp³-hybridized carbons (Fsp3) is 0.333. The van der Waals surface area contributed by atoms with Crippen molar-refractivity contribution >= 4 is 28.5 Å². The Morgan fingerprint density at radius 2 is 1.95 bits per heavy atom. The van der Waals surface area contributed by atoms with E-state index in [4.69, 9.17) is 4.74 Å². The third-order valence-corrected chi connectivity index (χ3v) is 4.06. The monoisotopic (exact) mass is 396 g/mol. The summed E-state index contributed by atoms with van der Waals surface area (Å²) >= 11 is 2.21. The van der Waals surface area contributed by atoms with Crippen LogP contribution in [-0.4, -0.2) is 36.1 Å². The quantitative estimate of drug-likeness (QED) is 0.803. The number of aromatic nitrogens is 2. The molecule has 1 aromatic carbocycles. The van der Waals surface area contributed by atoms with Crippen molar-refractivity contribution in [2.24, 2.45) is 0 Å². The van der Waals surface area contributed by atoms with Crippen LogP contribution in [0.2, 0.25) is 0 Å². The minimum Gasteiger partial charge on any atom is -0.472 e. The molecule has 0 radical (unpaired) electrons. The minimum absolute atomic E-state index is 0.523. The molecule has 0 saturated carbocycles. The van der Waals surface area contributed by atoms with Gasteiger partial charge in [-0.15, -0.1) is 0 Å². The zero-order valence-electron chi connectivity index (χ0n) is 11.6. The molecule has 0 bridgehead atoms. The highest BCUT2D eigenvalue weighted by molar-refractivity contribution is 14.1. The summed E-state index contributed by atoms with van der Waals surface area (Å²) < 4.78 is 6.79. The largest absolute Gasteiger partial charge is 0.472 e. The second-order valence-corrected chi connectivity index (χ2v) is 6.00. The maximum Gasteiger partial charge on any atom is 0.232 e. The Morgan fingerprint density at radius 3 is 2.71 bits per heavy atom. The number of hydrogen-bond donors (Lipinski definition) is 1. The van der Waals surface area contributed by atoms with Crippen molar-refractivity contribution in [2.45, 2.75) is 6.61 Å². The van der Waals surface area contributed by atoms with Gasteiger partial charge >= 0.3 is 0 Å². The Bertz CT molecular complexity index is 587. The van der Waals surface area contributed by atoms with Crippen LogP contribution >= 0.6 is 22.6 Å². The standard InChI is InChI=1S/C15H17IN4O/c16-13-10-18-15(20-8-6-17-7-9-20)19-14(13)21-11-12-4-2-1-3-5-12/h1-5,10,17H,6-9,11H2. The number of nitrogens with one attached hydrogen (secondary N) is 1. The summed E-state index contributed by atoms with van der Waals surface area (Å²) in [5.41, 5.74) is 1.13. The smallest absolute Gasteiger partial charge is 0.232 e. The predicted octanol–water partition coefficient (Wildman–Crippen LogP) is 2.07. The van der Waals surface area contributed by atoms with Gasteiger partial charge in [-0.2, -0.15) is 4.98 Å². The molecular weight excluding hydrogens is 379 g/mol. The lowest BCUT2D eigenvalue weighted by atomic mass is 10.2. The molecule has 110 valence electrons. The number of piperazine rings is 1. The summed E-state index contributed by atoms with van der Waals surface area (Å²) in [7, 11) is 0. The summed E-state index contributed by atoms with van der Waals surface area (Å²) in [6.45, 7) is 4.32. The minimum atomic E-state index is 0.523. The Morgan fingerprint density at radius 1 is 1.19 bits per heavy atom. The van der Waals surface area contributed by atoms with Gasteiger partial charge in [-0.1, -0.05) is 30.3 Å². The Kier molecular flexibility index (Phi) is 4.87. The molecule has 1 saturated heterocycles. The first-order valence-electron chi connectivity index (χ1n) is 6.98. The zero-order valence-corrected chi connectivity index (χ0v) is 13.8. The van der Waals surface area contributed by atoms with E-state index in [1.165, 1.54) is 0 Å². The average molecular weight is 396 g/mol. The predicted molar refractivity (Wildman–Crippen MR) is 90.6 cm³/mol. The molecule has 0 amide bonds. The van der Waals surface area contributed by atoms with E-state index in [1.54, 1.807) is 0 Å². The first-order chi connectivity index (χ1) is 10.3. The van der Waals surface area contributed by atoms with E-state index in [-0.39, 0.29) is 0 Å². The number of halogens is 1. The summed E-state index contributed by atoms with van der Waals surface area (Å²) in [5, 5.41) is 3.33. The summed E-state index contributed by atoms with van der Waals surface area (Å²) in [5.74, 6) is 1.41. The normalized spacial score (nSPS) is 15.0. The van der Waals surface area contributed by atoms with Gasteiger partial charge in [0.2, 0.25) is 11.8 Å². The molecule has 1 aliphatic heterocycles. The fourth-order valence-corrected chi connectivity index (χ4v) is 2.60. The molecule has 1 aliphatic rings. The molecule has 1 fully saturated rings. The van der Waals surface area contributed by atoms with Gasteiger partial charge in [0, 0.05) is 32.4 Å². The lowest BCUT2D eigenvalue weighted by molar-refractivity contribution is 0.291. The van der Waals surface area contributed by atoms with Gasteiger partial charge in [0.1, 0.15) is 6.61 Å². The van der Waals surface area contributed by atoms with Crippen molar-refractivity contribution in [3.8, 4) is 5.88 Å². The van der Waals surface area contributed by atoms with Crippen LogP contribution in [0.25, 0.3) is 0 Å². The lowest BCUT2D eigenvalue weighted by Crippen LogP contribution is -2.44. The Hall–Kier alpha value is -1.41. The van der Waals surface area contributed by atoms with Gasteiger partial charge < -0.3 is 15.0 Å². The van der Waals surface area contributed by atoms with Crippen LogP contribution in [0.15, 0.2) is 36.5 Å². The van der Waals surface area contributed by atoms with Crippen molar-refractivity contribution in [2.75, 3.05) is 31.1 Å². The van der Waals surface area contributed by atoms with Crippen LogP contribution in [0.4, 0.5) is 5.95 Å². The van der Waals surface area contributed by atoms with Gasteiger partial charge in [-0.25, -0.2) is 4.98 Å². The third-order valence-electron chi connectivity index (χ3n) is 3.32. The Balaban J connectivity index is 1.72. The van der Waals surface area contributed by atoms with Crippen LogP contribution < -0.4 is 15.0 Å². The number of ether oxygens (including phenoxy) is 1. The SMILES string of the molecule is Ic1cnc(N2CCNCC2)nc1OCc1ccccc1. The van der Waals surface area contributed by atoms with Gasteiger partial charge in [0.25, 0.3) is 0 Å². The maximum absolute atomic E-state index is 5.85. The number of hydrogen-bond acceptors (Lipinski definition) is 5. The van der Waals surface area contributed by atoms with Crippen LogP contribution in [-0.2, 0) is 6.61 Å². The van der Waals surface area contributed by atoms with E-state index in [2.05, 4.69) is 42.8 Å². The molecule has 0 atom stereocenters. The highest BCUT2D eigenvalue weighted by Crippen LogP contribution is 2.21. The number of rotatable bonds is 4. The number of nitrogens with zero attached hydrogens (tertiary/aromatic N) is 3. The number of anilines is 1. The molecule has 6 heteroatoms. The van der Waals surface area contributed by atoms with Gasteiger partial charge in [0.15, 0.2) is 0 Å². The summed E-state index contributed by atoms with van der Waals surface area (Å²) in [4.78, 5) is 11.2.